The Balaban J connectivity index is 0.000000562. The van der Waals surface area contributed by atoms with Crippen molar-refractivity contribution in [1.82, 2.24) is 0 Å². The van der Waals surface area contributed by atoms with Crippen molar-refractivity contribution in [2.45, 2.75) is 41.5 Å². The van der Waals surface area contributed by atoms with Gasteiger partial charge in [-0.3, -0.25) is 20.2 Å². The highest BCUT2D eigenvalue weighted by atomic mass is 16.6. The normalized spacial score (nSPS) is 11.5. The van der Waals surface area contributed by atoms with E-state index in [1.807, 2.05) is 62.4 Å². The van der Waals surface area contributed by atoms with Crippen LogP contribution in [0.1, 0.15) is 38.8 Å². The number of anilines is 2. The van der Waals surface area contributed by atoms with Crippen LogP contribution < -0.4 is 10.6 Å². The van der Waals surface area contributed by atoms with Crippen LogP contribution in [0.15, 0.2) is 71.3 Å². The third-order valence-corrected chi connectivity index (χ3v) is 4.40. The highest BCUT2D eigenvalue weighted by molar-refractivity contribution is 5.49. The molecule has 0 radical (unpaired) electrons. The van der Waals surface area contributed by atoms with Crippen LogP contribution in [-0.2, 0) is 0 Å². The molecular weight excluding hydrogens is 400 g/mol. The zero-order valence-electron chi connectivity index (χ0n) is 18.6. The van der Waals surface area contributed by atoms with E-state index >= 15 is 0 Å². The third kappa shape index (κ3) is 9.55. The van der Waals surface area contributed by atoms with Crippen molar-refractivity contribution in [3.63, 3.8) is 0 Å². The molecule has 0 amide bonds. The van der Waals surface area contributed by atoms with Gasteiger partial charge >= 0.3 is 0 Å². The summed E-state index contributed by atoms with van der Waals surface area (Å²) in [5.41, 5.74) is 5.43. The van der Waals surface area contributed by atoms with E-state index in [9.17, 15) is 20.2 Å². The molecule has 2 aromatic rings. The summed E-state index contributed by atoms with van der Waals surface area (Å²) in [6.07, 6.45) is 0. The van der Waals surface area contributed by atoms with Crippen molar-refractivity contribution in [3.05, 3.63) is 103 Å². The van der Waals surface area contributed by atoms with Gasteiger partial charge in [-0.15, -0.1) is 0 Å². The Morgan fingerprint density at radius 2 is 0.903 bits per heavy atom. The standard InChI is InChI=1S/2C11H14N2O2.H2O/c2*1-8-4-6-11(7-5-8)12-9(2)10(3)13(14)15;/h2*4-7,12H,1-3H3;1H2/b2*10-9-;. The Labute approximate surface area is 182 Å². The summed E-state index contributed by atoms with van der Waals surface area (Å²) in [6, 6.07) is 15.4. The van der Waals surface area contributed by atoms with E-state index < -0.39 is 9.85 Å². The summed E-state index contributed by atoms with van der Waals surface area (Å²) in [5, 5.41) is 27.0. The molecular formula is C22H30N4O5. The first-order valence-electron chi connectivity index (χ1n) is 9.32. The summed E-state index contributed by atoms with van der Waals surface area (Å²) in [4.78, 5) is 20.2. The molecule has 0 spiro atoms. The highest BCUT2D eigenvalue weighted by Crippen LogP contribution is 2.14. The first-order valence-corrected chi connectivity index (χ1v) is 9.32. The zero-order valence-corrected chi connectivity index (χ0v) is 18.6. The largest absolute Gasteiger partial charge is 0.412 e. The molecule has 0 aliphatic carbocycles. The maximum Gasteiger partial charge on any atom is 0.261 e. The fraction of sp³-hybridized carbons (Fsp3) is 0.273. The number of allylic oxidation sites excluding steroid dienone is 4. The Hall–Kier alpha value is -3.72. The number of nitrogens with one attached hydrogen (secondary N) is 2. The zero-order chi connectivity index (χ0) is 22.8. The summed E-state index contributed by atoms with van der Waals surface area (Å²) in [7, 11) is 0. The van der Waals surface area contributed by atoms with Crippen LogP contribution in [0.25, 0.3) is 0 Å². The lowest BCUT2D eigenvalue weighted by Crippen LogP contribution is -2.04. The van der Waals surface area contributed by atoms with E-state index in [-0.39, 0.29) is 16.9 Å². The van der Waals surface area contributed by atoms with Crippen molar-refractivity contribution in [2.24, 2.45) is 0 Å². The molecule has 0 heterocycles. The van der Waals surface area contributed by atoms with Crippen molar-refractivity contribution in [3.8, 4) is 0 Å². The molecule has 2 aromatic carbocycles. The van der Waals surface area contributed by atoms with E-state index in [0.29, 0.717) is 11.4 Å². The van der Waals surface area contributed by atoms with Crippen LogP contribution in [0.2, 0.25) is 0 Å². The van der Waals surface area contributed by atoms with E-state index in [2.05, 4.69) is 10.6 Å². The average Bonchev–Trinajstić information content (AvgIpc) is 2.70. The fourth-order valence-electron chi connectivity index (χ4n) is 2.16. The van der Waals surface area contributed by atoms with Gasteiger partial charge in [0, 0.05) is 25.2 Å². The lowest BCUT2D eigenvalue weighted by atomic mass is 10.2. The summed E-state index contributed by atoms with van der Waals surface area (Å²) in [5.74, 6) is 0. The Bertz CT molecular complexity index is 869. The summed E-state index contributed by atoms with van der Waals surface area (Å²) >= 11 is 0. The van der Waals surface area contributed by atoms with E-state index in [1.54, 1.807) is 13.8 Å². The molecule has 0 aliphatic rings. The third-order valence-electron chi connectivity index (χ3n) is 4.40. The van der Waals surface area contributed by atoms with Crippen molar-refractivity contribution < 1.29 is 15.3 Å². The fourth-order valence-corrected chi connectivity index (χ4v) is 2.16. The quantitative estimate of drug-likeness (QED) is 0.485. The van der Waals surface area contributed by atoms with Gasteiger partial charge in [-0.1, -0.05) is 35.4 Å². The maximum absolute atomic E-state index is 10.5. The van der Waals surface area contributed by atoms with Gasteiger partial charge in [0.1, 0.15) is 0 Å². The van der Waals surface area contributed by atoms with Gasteiger partial charge in [-0.25, -0.2) is 0 Å². The van der Waals surface area contributed by atoms with Crippen LogP contribution in [0, 0.1) is 34.1 Å². The van der Waals surface area contributed by atoms with Gasteiger partial charge in [0.05, 0.1) is 21.2 Å². The van der Waals surface area contributed by atoms with Gasteiger partial charge in [0.15, 0.2) is 0 Å². The molecule has 31 heavy (non-hydrogen) atoms. The minimum atomic E-state index is -0.392. The second kappa shape index (κ2) is 12.8. The molecule has 0 bridgehead atoms. The molecule has 0 saturated carbocycles. The number of rotatable bonds is 6. The first kappa shape index (κ1) is 27.3. The molecule has 2 rings (SSSR count). The Morgan fingerprint density at radius 1 is 0.645 bits per heavy atom. The van der Waals surface area contributed by atoms with E-state index in [4.69, 9.17) is 0 Å². The summed E-state index contributed by atoms with van der Waals surface area (Å²) < 4.78 is 0. The lowest BCUT2D eigenvalue weighted by Gasteiger charge is -2.06. The van der Waals surface area contributed by atoms with Crippen molar-refractivity contribution >= 4 is 11.4 Å². The molecule has 0 aliphatic heterocycles. The van der Waals surface area contributed by atoms with Crippen LogP contribution in [0.5, 0.6) is 0 Å². The van der Waals surface area contributed by atoms with Crippen LogP contribution in [-0.4, -0.2) is 15.3 Å². The molecule has 9 heteroatoms. The van der Waals surface area contributed by atoms with Crippen molar-refractivity contribution in [1.29, 1.82) is 0 Å². The monoisotopic (exact) mass is 430 g/mol. The van der Waals surface area contributed by atoms with Crippen molar-refractivity contribution in [2.75, 3.05) is 10.6 Å². The lowest BCUT2D eigenvalue weighted by molar-refractivity contribution is -0.425. The molecule has 168 valence electrons. The van der Waals surface area contributed by atoms with Crippen LogP contribution in [0.3, 0.4) is 0 Å². The van der Waals surface area contributed by atoms with E-state index in [1.165, 1.54) is 13.8 Å². The molecule has 0 aromatic heterocycles. The van der Waals surface area contributed by atoms with Crippen LogP contribution >= 0.6 is 0 Å². The van der Waals surface area contributed by atoms with Gasteiger partial charge in [-0.2, -0.15) is 0 Å². The average molecular weight is 431 g/mol. The number of nitrogens with zero attached hydrogens (tertiary/aromatic N) is 2. The van der Waals surface area contributed by atoms with E-state index in [0.717, 1.165) is 22.5 Å². The minimum Gasteiger partial charge on any atom is -0.412 e. The molecule has 4 N–H and O–H groups in total. The SMILES string of the molecule is C/C(Nc1ccc(C)cc1)=C(\C)[N+](=O)[O-].C/C(Nc1ccc(C)cc1)=C(\C)[N+](=O)[O-].O. The van der Waals surface area contributed by atoms with Gasteiger partial charge < -0.3 is 16.1 Å². The highest BCUT2D eigenvalue weighted by Gasteiger charge is 2.08. The molecule has 9 nitrogen and oxygen atoms in total. The number of nitro groups is 2. The molecule has 0 unspecified atom stereocenters. The second-order valence-electron chi connectivity index (χ2n) is 6.92. The first-order chi connectivity index (χ1) is 14.0. The molecule has 0 atom stereocenters. The smallest absolute Gasteiger partial charge is 0.261 e. The predicted octanol–water partition coefficient (Wildman–Crippen LogP) is 5.05. The minimum absolute atomic E-state index is 0. The number of benzene rings is 2. The number of hydrogen-bond acceptors (Lipinski definition) is 6. The topological polar surface area (TPSA) is 142 Å². The summed E-state index contributed by atoms with van der Waals surface area (Å²) in [6.45, 7) is 10.3. The maximum atomic E-state index is 10.5. The second-order valence-corrected chi connectivity index (χ2v) is 6.92. The Kier molecular flexibility index (Phi) is 11.2. The Morgan fingerprint density at radius 3 is 1.13 bits per heavy atom. The predicted molar refractivity (Wildman–Crippen MR) is 124 cm³/mol. The van der Waals surface area contributed by atoms with Gasteiger partial charge in [0.2, 0.25) is 0 Å². The molecule has 0 saturated heterocycles. The molecule has 0 fully saturated rings. The number of hydrogen-bond donors (Lipinski definition) is 2. The van der Waals surface area contributed by atoms with Gasteiger partial charge in [-0.05, 0) is 52.0 Å². The van der Waals surface area contributed by atoms with Gasteiger partial charge in [0.25, 0.3) is 11.4 Å². The van der Waals surface area contributed by atoms with Crippen LogP contribution in [0.4, 0.5) is 11.4 Å². The number of aryl methyl sites for hydroxylation is 2.